The van der Waals surface area contributed by atoms with Gasteiger partial charge in [-0.2, -0.15) is 0 Å². The minimum absolute atomic E-state index is 0.349. The molecule has 0 amide bonds. The molecule has 0 N–H and O–H groups in total. The van der Waals surface area contributed by atoms with Crippen LogP contribution >= 0.6 is 0 Å². The lowest BCUT2D eigenvalue weighted by Gasteiger charge is -2.17. The van der Waals surface area contributed by atoms with Crippen LogP contribution in [0.2, 0.25) is 0 Å². The van der Waals surface area contributed by atoms with Crippen molar-refractivity contribution in [3.63, 3.8) is 0 Å². The zero-order chi connectivity index (χ0) is 15.2. The lowest BCUT2D eigenvalue weighted by Crippen LogP contribution is -1.99. The number of hydrogen-bond donors (Lipinski definition) is 0. The quantitative estimate of drug-likeness (QED) is 0.719. The average molecular weight is 282 g/mol. The maximum atomic E-state index is 5.53. The average Bonchev–Trinajstić information content (AvgIpc) is 2.52. The van der Waals surface area contributed by atoms with E-state index in [0.717, 1.165) is 22.6 Å². The van der Waals surface area contributed by atoms with Crippen LogP contribution < -0.4 is 9.47 Å². The molecule has 0 heterocycles. The number of hydrogen-bond acceptors (Lipinski definition) is 2. The van der Waals surface area contributed by atoms with E-state index < -0.39 is 0 Å². The summed E-state index contributed by atoms with van der Waals surface area (Å²) in [5, 5.41) is 0. The number of benzene rings is 2. The Morgan fingerprint density at radius 2 is 1.33 bits per heavy atom. The summed E-state index contributed by atoms with van der Waals surface area (Å²) in [5.74, 6) is 2.09. The summed E-state index contributed by atoms with van der Waals surface area (Å²) >= 11 is 0. The summed E-state index contributed by atoms with van der Waals surface area (Å²) in [6, 6.07) is 14.3. The summed E-state index contributed by atoms with van der Waals surface area (Å²) in [5.41, 5.74) is 3.34. The fraction of sp³-hybridized carbons (Fsp3) is 0.263. The van der Waals surface area contributed by atoms with E-state index in [0.29, 0.717) is 5.92 Å². The van der Waals surface area contributed by atoms with Gasteiger partial charge in [-0.05, 0) is 29.2 Å². The highest BCUT2D eigenvalue weighted by atomic mass is 16.5. The van der Waals surface area contributed by atoms with Gasteiger partial charge in [0.05, 0.1) is 14.2 Å². The third-order valence-electron chi connectivity index (χ3n) is 3.41. The van der Waals surface area contributed by atoms with Gasteiger partial charge in [-0.3, -0.25) is 0 Å². The number of rotatable bonds is 5. The van der Waals surface area contributed by atoms with Crippen molar-refractivity contribution >= 4 is 12.2 Å². The second-order valence-electron chi connectivity index (χ2n) is 5.24. The van der Waals surface area contributed by atoms with Gasteiger partial charge < -0.3 is 9.47 Å². The minimum atomic E-state index is 0.349. The van der Waals surface area contributed by atoms with Gasteiger partial charge in [0.25, 0.3) is 0 Å². The van der Waals surface area contributed by atoms with Crippen LogP contribution in [0.15, 0.2) is 42.5 Å². The van der Waals surface area contributed by atoms with E-state index >= 15 is 0 Å². The molecule has 0 atom stereocenters. The Morgan fingerprint density at radius 1 is 0.810 bits per heavy atom. The molecule has 0 aliphatic carbocycles. The van der Waals surface area contributed by atoms with Crippen molar-refractivity contribution in [2.24, 2.45) is 0 Å². The van der Waals surface area contributed by atoms with Crippen molar-refractivity contribution in [1.29, 1.82) is 0 Å². The first-order valence-electron chi connectivity index (χ1n) is 7.14. The molecule has 110 valence electrons. The maximum Gasteiger partial charge on any atom is 0.126 e. The molecule has 0 aliphatic rings. The van der Waals surface area contributed by atoms with Crippen molar-refractivity contribution in [2.45, 2.75) is 19.8 Å². The highest BCUT2D eigenvalue weighted by Gasteiger charge is 2.14. The van der Waals surface area contributed by atoms with Crippen LogP contribution in [0.3, 0.4) is 0 Å². The minimum Gasteiger partial charge on any atom is -0.496 e. The summed E-state index contributed by atoms with van der Waals surface area (Å²) in [6.07, 6.45) is 4.16. The molecule has 2 heteroatoms. The van der Waals surface area contributed by atoms with Gasteiger partial charge in [-0.1, -0.05) is 56.3 Å². The molecule has 0 bridgehead atoms. The predicted octanol–water partition coefficient (Wildman–Crippen LogP) is 5.00. The van der Waals surface area contributed by atoms with E-state index in [9.17, 15) is 0 Å². The van der Waals surface area contributed by atoms with E-state index in [1.807, 2.05) is 18.2 Å². The highest BCUT2D eigenvalue weighted by Crippen LogP contribution is 2.36. The Bertz CT molecular complexity index is 588. The molecule has 0 saturated carbocycles. The standard InChI is InChI=1S/C19H22O2/c1-14(2)19-17(20-3)12-16(13-18(19)21-4)11-10-15-8-6-5-7-9-15/h5-14H,1-4H3/b11-10-. The normalized spacial score (nSPS) is 11.1. The maximum absolute atomic E-state index is 5.53. The van der Waals surface area contributed by atoms with Gasteiger partial charge in [0, 0.05) is 5.56 Å². The van der Waals surface area contributed by atoms with Crippen LogP contribution in [0.1, 0.15) is 36.5 Å². The fourth-order valence-electron chi connectivity index (χ4n) is 2.38. The van der Waals surface area contributed by atoms with Crippen LogP contribution in [0, 0.1) is 0 Å². The van der Waals surface area contributed by atoms with Crippen LogP contribution in [0.5, 0.6) is 11.5 Å². The first kappa shape index (κ1) is 15.2. The molecular weight excluding hydrogens is 260 g/mol. The largest absolute Gasteiger partial charge is 0.496 e. The van der Waals surface area contributed by atoms with Crippen molar-refractivity contribution in [3.05, 3.63) is 59.2 Å². The van der Waals surface area contributed by atoms with Gasteiger partial charge >= 0.3 is 0 Å². The second-order valence-corrected chi connectivity index (χ2v) is 5.24. The molecule has 0 spiro atoms. The Kier molecular flexibility index (Phi) is 5.04. The summed E-state index contributed by atoms with van der Waals surface area (Å²) in [6.45, 7) is 4.28. The van der Waals surface area contributed by atoms with E-state index in [1.165, 1.54) is 5.56 Å². The molecule has 0 radical (unpaired) electrons. The first-order chi connectivity index (χ1) is 10.2. The Labute approximate surface area is 127 Å². The van der Waals surface area contributed by atoms with Gasteiger partial charge in [0.1, 0.15) is 11.5 Å². The van der Waals surface area contributed by atoms with Crippen LogP contribution in [0.4, 0.5) is 0 Å². The molecule has 2 aromatic rings. The summed E-state index contributed by atoms with van der Waals surface area (Å²) in [4.78, 5) is 0. The molecule has 2 nitrogen and oxygen atoms in total. The van der Waals surface area contributed by atoms with Crippen LogP contribution in [-0.2, 0) is 0 Å². The lowest BCUT2D eigenvalue weighted by atomic mass is 9.98. The molecular formula is C19H22O2. The molecule has 21 heavy (non-hydrogen) atoms. The highest BCUT2D eigenvalue weighted by molar-refractivity contribution is 5.72. The molecule has 0 unspecified atom stereocenters. The van der Waals surface area contributed by atoms with Gasteiger partial charge in [0.15, 0.2) is 0 Å². The molecule has 0 aromatic heterocycles. The van der Waals surface area contributed by atoms with Crippen molar-refractivity contribution in [1.82, 2.24) is 0 Å². The van der Waals surface area contributed by atoms with E-state index in [4.69, 9.17) is 9.47 Å². The van der Waals surface area contributed by atoms with Crippen molar-refractivity contribution in [3.8, 4) is 11.5 Å². The first-order valence-corrected chi connectivity index (χ1v) is 7.14. The van der Waals surface area contributed by atoms with E-state index in [1.54, 1.807) is 14.2 Å². The van der Waals surface area contributed by atoms with Crippen LogP contribution in [-0.4, -0.2) is 14.2 Å². The smallest absolute Gasteiger partial charge is 0.126 e. The fourth-order valence-corrected chi connectivity index (χ4v) is 2.38. The lowest BCUT2D eigenvalue weighted by molar-refractivity contribution is 0.382. The Balaban J connectivity index is 2.39. The SMILES string of the molecule is COc1cc(/C=C\c2ccccc2)cc(OC)c1C(C)C. The van der Waals surface area contributed by atoms with Crippen molar-refractivity contribution < 1.29 is 9.47 Å². The molecule has 0 aliphatic heterocycles. The molecule has 2 aromatic carbocycles. The number of methoxy groups -OCH3 is 2. The van der Waals surface area contributed by atoms with Gasteiger partial charge in [0.2, 0.25) is 0 Å². The van der Waals surface area contributed by atoms with E-state index in [2.05, 4.69) is 50.3 Å². The monoisotopic (exact) mass is 282 g/mol. The van der Waals surface area contributed by atoms with Gasteiger partial charge in [-0.15, -0.1) is 0 Å². The number of ether oxygens (including phenoxy) is 2. The Morgan fingerprint density at radius 3 is 1.81 bits per heavy atom. The predicted molar refractivity (Wildman–Crippen MR) is 89.0 cm³/mol. The van der Waals surface area contributed by atoms with E-state index in [-0.39, 0.29) is 0 Å². The summed E-state index contributed by atoms with van der Waals surface area (Å²) < 4.78 is 11.1. The zero-order valence-corrected chi connectivity index (χ0v) is 13.1. The zero-order valence-electron chi connectivity index (χ0n) is 13.1. The second kappa shape index (κ2) is 6.98. The third kappa shape index (κ3) is 3.66. The molecule has 2 rings (SSSR count). The Hall–Kier alpha value is -2.22. The van der Waals surface area contributed by atoms with Crippen LogP contribution in [0.25, 0.3) is 12.2 Å². The van der Waals surface area contributed by atoms with Gasteiger partial charge in [-0.25, -0.2) is 0 Å². The third-order valence-corrected chi connectivity index (χ3v) is 3.41. The molecule has 0 fully saturated rings. The van der Waals surface area contributed by atoms with Crippen molar-refractivity contribution in [2.75, 3.05) is 14.2 Å². The molecule has 0 saturated heterocycles. The topological polar surface area (TPSA) is 18.5 Å². The summed E-state index contributed by atoms with van der Waals surface area (Å²) in [7, 11) is 3.40.